The summed E-state index contributed by atoms with van der Waals surface area (Å²) >= 11 is 0. The van der Waals surface area contributed by atoms with E-state index in [1.807, 2.05) is 37.5 Å². The van der Waals surface area contributed by atoms with Crippen molar-refractivity contribution in [2.75, 3.05) is 19.6 Å². The molecule has 182 valence electrons. The van der Waals surface area contributed by atoms with Crippen molar-refractivity contribution in [1.82, 2.24) is 13.8 Å². The van der Waals surface area contributed by atoms with Crippen molar-refractivity contribution in [3.05, 3.63) is 89.3 Å². The summed E-state index contributed by atoms with van der Waals surface area (Å²) in [7, 11) is -3.63. The molecule has 35 heavy (non-hydrogen) atoms. The minimum Gasteiger partial charge on any atom is -0.448 e. The van der Waals surface area contributed by atoms with Crippen LogP contribution in [0.1, 0.15) is 34.1 Å². The summed E-state index contributed by atoms with van der Waals surface area (Å²) in [5.41, 5.74) is 4.45. The van der Waals surface area contributed by atoms with Crippen molar-refractivity contribution in [3.63, 3.8) is 0 Å². The molecule has 7 nitrogen and oxygen atoms in total. The van der Waals surface area contributed by atoms with Crippen LogP contribution in [-0.2, 0) is 16.6 Å². The van der Waals surface area contributed by atoms with Crippen LogP contribution in [0.4, 0.5) is 0 Å². The summed E-state index contributed by atoms with van der Waals surface area (Å²) in [6.45, 7) is 7.22. The van der Waals surface area contributed by atoms with Crippen LogP contribution < -0.4 is 0 Å². The van der Waals surface area contributed by atoms with E-state index in [9.17, 15) is 13.2 Å². The van der Waals surface area contributed by atoms with Gasteiger partial charge in [-0.15, -0.1) is 0 Å². The maximum atomic E-state index is 13.6. The minimum absolute atomic E-state index is 0.122. The van der Waals surface area contributed by atoms with Crippen LogP contribution >= 0.6 is 0 Å². The summed E-state index contributed by atoms with van der Waals surface area (Å²) in [6, 6.07) is 18.5. The maximum absolute atomic E-state index is 13.6. The summed E-state index contributed by atoms with van der Waals surface area (Å²) in [4.78, 5) is 15.7. The van der Waals surface area contributed by atoms with Gasteiger partial charge in [-0.25, -0.2) is 8.42 Å². The second kappa shape index (κ2) is 9.02. The van der Waals surface area contributed by atoms with Gasteiger partial charge in [0.15, 0.2) is 0 Å². The number of aryl methyl sites for hydroxylation is 2. The van der Waals surface area contributed by atoms with Gasteiger partial charge in [-0.2, -0.15) is 4.31 Å². The van der Waals surface area contributed by atoms with Crippen molar-refractivity contribution >= 4 is 27.0 Å². The highest BCUT2D eigenvalue weighted by Crippen LogP contribution is 2.26. The molecule has 0 radical (unpaired) electrons. The Morgan fingerprint density at radius 1 is 0.971 bits per heavy atom. The van der Waals surface area contributed by atoms with E-state index in [4.69, 9.17) is 4.42 Å². The zero-order valence-corrected chi connectivity index (χ0v) is 21.0. The first-order valence-corrected chi connectivity index (χ1v) is 13.2. The van der Waals surface area contributed by atoms with E-state index in [1.165, 1.54) is 9.87 Å². The fourth-order valence-corrected chi connectivity index (χ4v) is 6.29. The molecule has 0 saturated carbocycles. The molecule has 1 fully saturated rings. The lowest BCUT2D eigenvalue weighted by atomic mass is 10.1. The molecule has 1 amide bonds. The fourth-order valence-electron chi connectivity index (χ4n) is 4.68. The average Bonchev–Trinajstić information content (AvgIpc) is 3.42. The Bertz CT molecular complexity index is 1470. The number of piperazine rings is 1. The Morgan fingerprint density at radius 3 is 2.29 bits per heavy atom. The molecule has 5 rings (SSSR count). The van der Waals surface area contributed by atoms with E-state index in [-0.39, 0.29) is 23.4 Å². The second-order valence-electron chi connectivity index (χ2n) is 9.31. The number of benzene rings is 2. The summed E-state index contributed by atoms with van der Waals surface area (Å²) in [6.07, 6.45) is 1.63. The molecule has 1 unspecified atom stereocenters. The van der Waals surface area contributed by atoms with Crippen LogP contribution in [0, 0.1) is 13.8 Å². The SMILES string of the molecule is Cc1ccc(Cn2c(C(=O)N3CCN(S(=O)(=O)c4ccc(C)cc4)C(C)C3)cc3ccoc32)cc1. The lowest BCUT2D eigenvalue weighted by molar-refractivity contribution is 0.0632. The van der Waals surface area contributed by atoms with E-state index in [0.29, 0.717) is 31.0 Å². The Hall–Kier alpha value is -3.36. The highest BCUT2D eigenvalue weighted by atomic mass is 32.2. The molecule has 8 heteroatoms. The van der Waals surface area contributed by atoms with Gasteiger partial charge < -0.3 is 13.9 Å². The predicted molar refractivity (Wildman–Crippen MR) is 135 cm³/mol. The number of carbonyl (C=O) groups excluding carboxylic acids is 1. The van der Waals surface area contributed by atoms with Gasteiger partial charge in [-0.05, 0) is 50.6 Å². The zero-order valence-electron chi connectivity index (χ0n) is 20.1. The number of carbonyl (C=O) groups is 1. The molecule has 0 aliphatic carbocycles. The minimum atomic E-state index is -3.63. The Balaban J connectivity index is 1.38. The van der Waals surface area contributed by atoms with Crippen LogP contribution in [0.2, 0.25) is 0 Å². The smallest absolute Gasteiger partial charge is 0.270 e. The summed E-state index contributed by atoms with van der Waals surface area (Å²) in [5.74, 6) is -0.122. The predicted octanol–water partition coefficient (Wildman–Crippen LogP) is 4.43. The molecule has 1 aliphatic rings. The van der Waals surface area contributed by atoms with Crippen molar-refractivity contribution < 1.29 is 17.6 Å². The first-order chi connectivity index (χ1) is 16.7. The van der Waals surface area contributed by atoms with Crippen molar-refractivity contribution in [2.45, 2.75) is 38.3 Å². The first-order valence-electron chi connectivity index (χ1n) is 11.7. The Kier molecular flexibility index (Phi) is 6.02. The van der Waals surface area contributed by atoms with Crippen LogP contribution in [0.5, 0.6) is 0 Å². The van der Waals surface area contributed by atoms with Crippen molar-refractivity contribution in [2.24, 2.45) is 0 Å². The molecule has 4 aromatic rings. The van der Waals surface area contributed by atoms with Crippen molar-refractivity contribution in [3.8, 4) is 0 Å². The number of aromatic nitrogens is 1. The molecule has 1 saturated heterocycles. The monoisotopic (exact) mass is 491 g/mol. The molecule has 0 N–H and O–H groups in total. The summed E-state index contributed by atoms with van der Waals surface area (Å²) < 4.78 is 35.6. The van der Waals surface area contributed by atoms with Gasteiger partial charge in [0, 0.05) is 31.1 Å². The van der Waals surface area contributed by atoms with Gasteiger partial charge in [0.1, 0.15) is 5.69 Å². The molecule has 0 bridgehead atoms. The average molecular weight is 492 g/mol. The van der Waals surface area contributed by atoms with Gasteiger partial charge >= 0.3 is 0 Å². The lowest BCUT2D eigenvalue weighted by Crippen LogP contribution is -2.55. The molecule has 3 heterocycles. The second-order valence-corrected chi connectivity index (χ2v) is 11.2. The number of nitrogens with zero attached hydrogens (tertiary/aromatic N) is 3. The number of hydrogen-bond donors (Lipinski definition) is 0. The number of fused-ring (bicyclic) bond motifs is 1. The number of amides is 1. The largest absolute Gasteiger partial charge is 0.448 e. The normalized spacial score (nSPS) is 17.2. The molecular weight excluding hydrogens is 462 g/mol. The molecule has 2 aromatic carbocycles. The Labute approximate surface area is 205 Å². The van der Waals surface area contributed by atoms with Gasteiger partial charge in [-0.1, -0.05) is 47.5 Å². The van der Waals surface area contributed by atoms with Gasteiger partial charge in [0.05, 0.1) is 17.7 Å². The van der Waals surface area contributed by atoms with Gasteiger partial charge in [0.2, 0.25) is 15.7 Å². The van der Waals surface area contributed by atoms with E-state index < -0.39 is 10.0 Å². The third-order valence-corrected chi connectivity index (χ3v) is 8.69. The molecule has 1 atom stereocenters. The number of sulfonamides is 1. The van der Waals surface area contributed by atoms with Crippen LogP contribution in [0.3, 0.4) is 0 Å². The zero-order chi connectivity index (χ0) is 24.7. The van der Waals surface area contributed by atoms with E-state index in [1.54, 1.807) is 35.4 Å². The fraction of sp³-hybridized carbons (Fsp3) is 0.296. The standard InChI is InChI=1S/C27H29N3O4S/c1-19-4-8-22(9-5-19)18-29-25(16-23-12-15-34-27(23)29)26(31)28-13-14-30(21(3)17-28)35(32,33)24-10-6-20(2)7-11-24/h4-12,15-16,21H,13-14,17-18H2,1-3H3. The number of hydrogen-bond acceptors (Lipinski definition) is 4. The maximum Gasteiger partial charge on any atom is 0.270 e. The van der Waals surface area contributed by atoms with Gasteiger partial charge in [-0.3, -0.25) is 4.79 Å². The van der Waals surface area contributed by atoms with Crippen LogP contribution in [0.15, 0.2) is 76.2 Å². The molecule has 2 aromatic heterocycles. The van der Waals surface area contributed by atoms with E-state index in [0.717, 1.165) is 16.5 Å². The van der Waals surface area contributed by atoms with Crippen LogP contribution in [-0.4, -0.2) is 53.8 Å². The number of furan rings is 1. The highest BCUT2D eigenvalue weighted by Gasteiger charge is 2.36. The van der Waals surface area contributed by atoms with Crippen molar-refractivity contribution in [1.29, 1.82) is 0 Å². The molecule has 1 aliphatic heterocycles. The lowest BCUT2D eigenvalue weighted by Gasteiger charge is -2.39. The Morgan fingerprint density at radius 2 is 1.63 bits per heavy atom. The van der Waals surface area contributed by atoms with E-state index >= 15 is 0 Å². The topological polar surface area (TPSA) is 75.8 Å². The third-order valence-electron chi connectivity index (χ3n) is 6.66. The number of rotatable bonds is 5. The summed E-state index contributed by atoms with van der Waals surface area (Å²) in [5, 5.41) is 0.870. The molecular formula is C27H29N3O4S. The molecule has 0 spiro atoms. The van der Waals surface area contributed by atoms with Crippen LogP contribution in [0.25, 0.3) is 11.1 Å². The first kappa shape index (κ1) is 23.4. The quantitative estimate of drug-likeness (QED) is 0.414. The van der Waals surface area contributed by atoms with E-state index in [2.05, 4.69) is 24.3 Å². The highest BCUT2D eigenvalue weighted by molar-refractivity contribution is 7.89. The third kappa shape index (κ3) is 4.39. The van der Waals surface area contributed by atoms with Gasteiger partial charge in [0.25, 0.3) is 5.91 Å².